The molecule has 13 nitrogen and oxygen atoms in total. The van der Waals surface area contributed by atoms with Crippen molar-refractivity contribution < 1.29 is 39.3 Å². The van der Waals surface area contributed by atoms with Crippen LogP contribution in [-0.2, 0) is 30.4 Å². The first-order valence-corrected chi connectivity index (χ1v) is 11.1. The number of aliphatic hydroxyl groups is 1. The molecule has 0 radical (unpaired) electrons. The molecule has 1 aromatic rings. The Morgan fingerprint density at radius 3 is 2.31 bits per heavy atom. The number of nitrogens with two attached hydrogens (primary N) is 2. The number of carbonyl (C=O) groups is 5. The van der Waals surface area contributed by atoms with Crippen molar-refractivity contribution in [3.05, 3.63) is 29.8 Å². The summed E-state index contributed by atoms with van der Waals surface area (Å²) in [5.74, 6) is -4.13. The minimum absolute atomic E-state index is 0.0597. The number of carboxylic acid groups (broad SMARTS) is 1. The number of phenols is 1. The van der Waals surface area contributed by atoms with Gasteiger partial charge in [0.05, 0.1) is 12.6 Å². The van der Waals surface area contributed by atoms with Gasteiger partial charge >= 0.3 is 5.97 Å². The van der Waals surface area contributed by atoms with Crippen molar-refractivity contribution in [3.8, 4) is 5.75 Å². The van der Waals surface area contributed by atoms with E-state index in [4.69, 9.17) is 11.5 Å². The Morgan fingerprint density at radius 1 is 1.09 bits per heavy atom. The number of benzene rings is 1. The van der Waals surface area contributed by atoms with Gasteiger partial charge in [-0.1, -0.05) is 12.1 Å². The van der Waals surface area contributed by atoms with Crippen molar-refractivity contribution in [2.75, 3.05) is 13.2 Å². The molecule has 0 aromatic heterocycles. The fraction of sp³-hybridized carbons (Fsp3) is 0.500. The van der Waals surface area contributed by atoms with Crippen LogP contribution in [0.15, 0.2) is 24.3 Å². The Morgan fingerprint density at radius 2 is 1.74 bits per heavy atom. The molecule has 2 rings (SSSR count). The Balaban J connectivity index is 2.00. The van der Waals surface area contributed by atoms with E-state index in [9.17, 15) is 39.3 Å². The number of nitrogens with zero attached hydrogens (tertiary/aromatic N) is 1. The van der Waals surface area contributed by atoms with Crippen molar-refractivity contribution in [2.24, 2.45) is 11.5 Å². The molecule has 1 fully saturated rings. The molecule has 0 aliphatic carbocycles. The van der Waals surface area contributed by atoms with Gasteiger partial charge in [0.25, 0.3) is 0 Å². The molecule has 192 valence electrons. The topological polar surface area (TPSA) is 225 Å². The molecule has 9 N–H and O–H groups in total. The Bertz CT molecular complexity index is 938. The Hall–Kier alpha value is -3.71. The van der Waals surface area contributed by atoms with E-state index in [0.29, 0.717) is 12.0 Å². The van der Waals surface area contributed by atoms with Crippen LogP contribution in [0.4, 0.5) is 0 Å². The molecule has 35 heavy (non-hydrogen) atoms. The number of aromatic hydroxyl groups is 1. The van der Waals surface area contributed by atoms with Crippen LogP contribution in [0, 0.1) is 0 Å². The molecule has 1 aromatic carbocycles. The summed E-state index contributed by atoms with van der Waals surface area (Å²) in [6, 6.07) is 1.32. The number of carbonyl (C=O) groups excluding carboxylic acids is 4. The number of aliphatic carboxylic acids is 1. The fourth-order valence-electron chi connectivity index (χ4n) is 3.76. The molecule has 1 aliphatic heterocycles. The van der Waals surface area contributed by atoms with E-state index in [-0.39, 0.29) is 38.0 Å². The summed E-state index contributed by atoms with van der Waals surface area (Å²) in [6.07, 6.45) is 0.384. The lowest BCUT2D eigenvalue weighted by Gasteiger charge is -2.29. The number of primary amides is 1. The zero-order chi connectivity index (χ0) is 26.1. The van der Waals surface area contributed by atoms with E-state index in [2.05, 4.69) is 10.6 Å². The molecule has 4 atom stereocenters. The van der Waals surface area contributed by atoms with Gasteiger partial charge in [-0.3, -0.25) is 19.2 Å². The Labute approximate surface area is 201 Å². The third-order valence-corrected chi connectivity index (χ3v) is 5.66. The van der Waals surface area contributed by atoms with Crippen molar-refractivity contribution >= 4 is 29.6 Å². The van der Waals surface area contributed by atoms with Crippen LogP contribution in [0.3, 0.4) is 0 Å². The first-order chi connectivity index (χ1) is 16.5. The second-order valence-corrected chi connectivity index (χ2v) is 8.31. The van der Waals surface area contributed by atoms with Crippen LogP contribution in [0.5, 0.6) is 5.75 Å². The first-order valence-electron chi connectivity index (χ1n) is 11.1. The number of likely N-dealkylation sites (tertiary alicyclic amines) is 1. The Kier molecular flexibility index (Phi) is 9.97. The highest BCUT2D eigenvalue weighted by Gasteiger charge is 2.39. The predicted octanol–water partition coefficient (Wildman–Crippen LogP) is -2.43. The van der Waals surface area contributed by atoms with Crippen molar-refractivity contribution in [2.45, 2.75) is 56.3 Å². The highest BCUT2D eigenvalue weighted by molar-refractivity contribution is 5.94. The summed E-state index contributed by atoms with van der Waals surface area (Å²) in [7, 11) is 0. The van der Waals surface area contributed by atoms with Gasteiger partial charge in [0.15, 0.2) is 0 Å². The van der Waals surface area contributed by atoms with E-state index in [1.54, 1.807) is 12.1 Å². The molecule has 0 spiro atoms. The zero-order valence-electron chi connectivity index (χ0n) is 19.1. The van der Waals surface area contributed by atoms with Crippen molar-refractivity contribution in [3.63, 3.8) is 0 Å². The smallest absolute Gasteiger partial charge is 0.326 e. The maximum absolute atomic E-state index is 13.0. The number of rotatable bonds is 12. The summed E-state index contributed by atoms with van der Waals surface area (Å²) >= 11 is 0. The average molecular weight is 494 g/mol. The largest absolute Gasteiger partial charge is 0.508 e. The summed E-state index contributed by atoms with van der Waals surface area (Å²) in [5.41, 5.74) is 11.6. The van der Waals surface area contributed by atoms with Gasteiger partial charge in [0.1, 0.15) is 23.9 Å². The highest BCUT2D eigenvalue weighted by Crippen LogP contribution is 2.19. The van der Waals surface area contributed by atoms with E-state index in [1.807, 2.05) is 0 Å². The lowest BCUT2D eigenvalue weighted by molar-refractivity contribution is -0.145. The van der Waals surface area contributed by atoms with Crippen LogP contribution >= 0.6 is 0 Å². The number of amides is 4. The maximum atomic E-state index is 13.0. The van der Waals surface area contributed by atoms with Gasteiger partial charge in [-0.25, -0.2) is 4.79 Å². The quantitative estimate of drug-likeness (QED) is 0.164. The van der Waals surface area contributed by atoms with Crippen molar-refractivity contribution in [1.82, 2.24) is 15.5 Å². The van der Waals surface area contributed by atoms with Crippen LogP contribution in [0.25, 0.3) is 0 Å². The normalized spacial score (nSPS) is 17.8. The molecular weight excluding hydrogens is 462 g/mol. The SMILES string of the molecule is NC(=O)CCC(NC(=O)C1CCCN1C(=O)C(CO)NC(=O)C(N)Cc1ccc(O)cc1)C(=O)O. The molecule has 4 unspecified atom stereocenters. The van der Waals surface area contributed by atoms with Crippen molar-refractivity contribution in [1.29, 1.82) is 0 Å². The second kappa shape index (κ2) is 12.7. The van der Waals surface area contributed by atoms with Gasteiger partial charge in [-0.2, -0.15) is 0 Å². The third kappa shape index (κ3) is 7.93. The van der Waals surface area contributed by atoms with Crippen LogP contribution < -0.4 is 22.1 Å². The monoisotopic (exact) mass is 493 g/mol. The zero-order valence-corrected chi connectivity index (χ0v) is 19.1. The van der Waals surface area contributed by atoms with Gasteiger partial charge in [0, 0.05) is 13.0 Å². The predicted molar refractivity (Wildman–Crippen MR) is 122 cm³/mol. The average Bonchev–Trinajstić information content (AvgIpc) is 3.30. The fourth-order valence-corrected chi connectivity index (χ4v) is 3.76. The summed E-state index contributed by atoms with van der Waals surface area (Å²) in [6.45, 7) is -0.570. The molecule has 0 bridgehead atoms. The molecule has 1 saturated heterocycles. The van der Waals surface area contributed by atoms with Gasteiger partial charge in [-0.15, -0.1) is 0 Å². The number of carboxylic acids is 1. The summed E-state index contributed by atoms with van der Waals surface area (Å²) in [5, 5.41) is 33.1. The van der Waals surface area contributed by atoms with E-state index in [1.165, 1.54) is 17.0 Å². The lowest BCUT2D eigenvalue weighted by atomic mass is 10.1. The summed E-state index contributed by atoms with van der Waals surface area (Å²) in [4.78, 5) is 61.8. The van der Waals surface area contributed by atoms with Gasteiger partial charge in [-0.05, 0) is 43.4 Å². The van der Waals surface area contributed by atoms with Gasteiger partial charge in [0.2, 0.25) is 23.6 Å². The molecular formula is C22H31N5O8. The molecule has 4 amide bonds. The molecule has 1 aliphatic rings. The molecule has 13 heteroatoms. The lowest BCUT2D eigenvalue weighted by Crippen LogP contribution is -2.58. The number of phenolic OH excluding ortho intramolecular Hbond substituents is 1. The second-order valence-electron chi connectivity index (χ2n) is 8.31. The number of hydrogen-bond acceptors (Lipinski definition) is 8. The molecule has 1 heterocycles. The number of hydrogen-bond donors (Lipinski definition) is 7. The van der Waals surface area contributed by atoms with Crippen LogP contribution in [0.1, 0.15) is 31.2 Å². The van der Waals surface area contributed by atoms with E-state index < -0.39 is 60.4 Å². The first kappa shape index (κ1) is 27.5. The van der Waals surface area contributed by atoms with E-state index in [0.717, 1.165) is 0 Å². The maximum Gasteiger partial charge on any atom is 0.326 e. The van der Waals surface area contributed by atoms with Gasteiger partial charge < -0.3 is 42.3 Å². The summed E-state index contributed by atoms with van der Waals surface area (Å²) < 4.78 is 0. The number of aliphatic hydroxyl groups excluding tert-OH is 1. The number of nitrogens with one attached hydrogen (secondary N) is 2. The van der Waals surface area contributed by atoms with E-state index >= 15 is 0 Å². The third-order valence-electron chi connectivity index (χ3n) is 5.66. The highest BCUT2D eigenvalue weighted by atomic mass is 16.4. The minimum Gasteiger partial charge on any atom is -0.508 e. The minimum atomic E-state index is -1.36. The molecule has 0 saturated carbocycles. The standard InChI is InChI=1S/C22H31N5O8/c23-14(10-12-3-5-13(29)6-4-12)19(31)26-16(11-28)21(33)27-9-1-2-17(27)20(32)25-15(22(34)35)7-8-18(24)30/h3-6,14-17,28-29H,1-2,7-11,23H2,(H2,24,30)(H,25,32)(H,26,31)(H,34,35). The van der Waals surface area contributed by atoms with Crippen LogP contribution in [0.2, 0.25) is 0 Å². The van der Waals surface area contributed by atoms with Crippen LogP contribution in [-0.4, -0.2) is 87.1 Å².